The fourth-order valence-corrected chi connectivity index (χ4v) is 4.73. The Kier molecular flexibility index (Phi) is 7.26. The first-order chi connectivity index (χ1) is 15.6. The third kappa shape index (κ3) is 5.27. The second kappa shape index (κ2) is 9.78. The van der Waals surface area contributed by atoms with Crippen LogP contribution >= 0.6 is 0 Å². The van der Waals surface area contributed by atoms with Crippen LogP contribution in [0, 0.1) is 0 Å². The number of imidazole rings is 1. The highest BCUT2D eigenvalue weighted by Crippen LogP contribution is 2.33. The van der Waals surface area contributed by atoms with Crippen LogP contribution in [0.25, 0.3) is 17.1 Å². The van der Waals surface area contributed by atoms with Crippen molar-refractivity contribution in [1.29, 1.82) is 0 Å². The van der Waals surface area contributed by atoms with Crippen LogP contribution in [0.2, 0.25) is 0 Å². The molecule has 0 radical (unpaired) electrons. The van der Waals surface area contributed by atoms with Crippen molar-refractivity contribution in [2.45, 2.75) is 25.9 Å². The zero-order chi connectivity index (χ0) is 24.3. The minimum absolute atomic E-state index is 0.273. The molecule has 1 unspecified atom stereocenters. The number of hydrogen-bond acceptors (Lipinski definition) is 5. The van der Waals surface area contributed by atoms with Gasteiger partial charge in [-0.15, -0.1) is 0 Å². The molecule has 0 saturated heterocycles. The predicted molar refractivity (Wildman–Crippen MR) is 124 cm³/mol. The van der Waals surface area contributed by atoms with E-state index in [1.807, 2.05) is 0 Å². The van der Waals surface area contributed by atoms with Crippen LogP contribution in [-0.4, -0.2) is 49.7 Å². The van der Waals surface area contributed by atoms with Gasteiger partial charge in [0.05, 0.1) is 43.1 Å². The van der Waals surface area contributed by atoms with Crippen molar-refractivity contribution in [2.24, 2.45) is 0 Å². The van der Waals surface area contributed by atoms with Crippen molar-refractivity contribution in [1.82, 2.24) is 9.13 Å². The number of aromatic nitrogens is 2. The molecule has 0 aliphatic heterocycles. The van der Waals surface area contributed by atoms with E-state index in [0.29, 0.717) is 34.7 Å². The van der Waals surface area contributed by atoms with Crippen LogP contribution in [-0.2, 0) is 16.4 Å². The number of hydrogen-bond donors (Lipinski definition) is 0. The van der Waals surface area contributed by atoms with E-state index in [0.717, 1.165) is 10.8 Å². The van der Waals surface area contributed by atoms with Crippen LogP contribution in [0.15, 0.2) is 47.8 Å². The summed E-state index contributed by atoms with van der Waals surface area (Å²) in [6, 6.07) is 8.77. The molecule has 3 aromatic rings. The Balaban J connectivity index is 2.33. The van der Waals surface area contributed by atoms with Gasteiger partial charge in [0.25, 0.3) is 6.43 Å². The van der Waals surface area contributed by atoms with E-state index < -0.39 is 40.3 Å². The quantitative estimate of drug-likeness (QED) is 0.442. The van der Waals surface area contributed by atoms with Gasteiger partial charge in [-0.25, -0.2) is 22.0 Å². The van der Waals surface area contributed by atoms with Gasteiger partial charge in [0.15, 0.2) is 11.5 Å². The Morgan fingerprint density at radius 1 is 1.12 bits per heavy atom. The van der Waals surface area contributed by atoms with Gasteiger partial charge in [-0.05, 0) is 42.3 Å². The Morgan fingerprint density at radius 3 is 2.42 bits per heavy atom. The van der Waals surface area contributed by atoms with Gasteiger partial charge >= 0.3 is 5.69 Å². The molecule has 33 heavy (non-hydrogen) atoms. The first-order valence-corrected chi connectivity index (χ1v) is 12.3. The van der Waals surface area contributed by atoms with Crippen molar-refractivity contribution >= 4 is 26.9 Å². The fraction of sp³-hybridized carbons (Fsp3) is 0.348. The van der Waals surface area contributed by atoms with Gasteiger partial charge in [0, 0.05) is 6.26 Å². The number of rotatable bonds is 10. The van der Waals surface area contributed by atoms with Gasteiger partial charge in [-0.2, -0.15) is 0 Å². The van der Waals surface area contributed by atoms with Gasteiger partial charge in [-0.3, -0.25) is 9.13 Å². The number of sulfone groups is 1. The number of ether oxygens (including phenoxy) is 2. The van der Waals surface area contributed by atoms with E-state index in [-0.39, 0.29) is 5.52 Å². The molecule has 0 spiro atoms. The van der Waals surface area contributed by atoms with Gasteiger partial charge in [-0.1, -0.05) is 24.8 Å². The highest BCUT2D eigenvalue weighted by molar-refractivity contribution is 7.90. The molecule has 1 aromatic heterocycles. The van der Waals surface area contributed by atoms with Crippen LogP contribution < -0.4 is 15.2 Å². The molecule has 0 saturated carbocycles. The Morgan fingerprint density at radius 2 is 1.85 bits per heavy atom. The average molecular weight is 481 g/mol. The van der Waals surface area contributed by atoms with Crippen LogP contribution in [0.3, 0.4) is 0 Å². The number of alkyl halides is 2. The molecule has 3 rings (SSSR count). The standard InChI is InChI=1S/C23H26F2N2O5S/c1-5-15-7-9-17-18(11-15)26(13-22(24)25)23(28)27(17)19(14-33(4,29)30)16-8-10-20(31-3)21(12-16)32-6-2/h5,7-12,19,22H,1,6,13-14H2,2-4H3. The lowest BCUT2D eigenvalue weighted by atomic mass is 10.1. The van der Waals surface area contributed by atoms with E-state index >= 15 is 0 Å². The summed E-state index contributed by atoms with van der Waals surface area (Å²) in [5.74, 6) is 0.415. The van der Waals surface area contributed by atoms with Crippen molar-refractivity contribution in [3.05, 3.63) is 64.6 Å². The van der Waals surface area contributed by atoms with Crippen molar-refractivity contribution in [2.75, 3.05) is 25.7 Å². The van der Waals surface area contributed by atoms with E-state index in [1.54, 1.807) is 49.4 Å². The lowest BCUT2D eigenvalue weighted by Crippen LogP contribution is -2.32. The second-order valence-corrected chi connectivity index (χ2v) is 9.74. The molecule has 10 heteroatoms. The van der Waals surface area contributed by atoms with Crippen molar-refractivity contribution < 1.29 is 26.7 Å². The Hall–Kier alpha value is -3.14. The maximum absolute atomic E-state index is 13.4. The lowest BCUT2D eigenvalue weighted by Gasteiger charge is -2.20. The summed E-state index contributed by atoms with van der Waals surface area (Å²) in [5.41, 5.74) is 0.999. The highest BCUT2D eigenvalue weighted by atomic mass is 32.2. The Labute approximate surface area is 190 Å². The lowest BCUT2D eigenvalue weighted by molar-refractivity contribution is 0.126. The normalized spacial score (nSPS) is 12.8. The van der Waals surface area contributed by atoms with Crippen LogP contribution in [0.1, 0.15) is 24.1 Å². The average Bonchev–Trinajstić information content (AvgIpc) is 3.02. The molecular formula is C23H26F2N2O5S. The van der Waals surface area contributed by atoms with E-state index in [1.165, 1.54) is 11.7 Å². The smallest absolute Gasteiger partial charge is 0.329 e. The molecule has 0 aliphatic rings. The minimum atomic E-state index is -3.58. The molecule has 1 heterocycles. The van der Waals surface area contributed by atoms with E-state index in [2.05, 4.69) is 6.58 Å². The predicted octanol–water partition coefficient (Wildman–Crippen LogP) is 3.75. The SMILES string of the molecule is C=Cc1ccc2c(c1)n(CC(F)F)c(=O)n2C(CS(C)(=O)=O)c1ccc(OC)c(OCC)c1. The minimum Gasteiger partial charge on any atom is -0.493 e. The van der Waals surface area contributed by atoms with Crippen molar-refractivity contribution in [3.63, 3.8) is 0 Å². The number of benzene rings is 2. The zero-order valence-corrected chi connectivity index (χ0v) is 19.4. The summed E-state index contributed by atoms with van der Waals surface area (Å²) in [4.78, 5) is 13.4. The summed E-state index contributed by atoms with van der Waals surface area (Å²) >= 11 is 0. The number of methoxy groups -OCH3 is 1. The topological polar surface area (TPSA) is 79.5 Å². The number of halogens is 2. The van der Waals surface area contributed by atoms with Gasteiger partial charge in [0.2, 0.25) is 0 Å². The summed E-state index contributed by atoms with van der Waals surface area (Å²) < 4.78 is 64.5. The maximum atomic E-state index is 13.4. The molecule has 2 aromatic carbocycles. The molecule has 0 amide bonds. The van der Waals surface area contributed by atoms with Crippen LogP contribution in [0.5, 0.6) is 11.5 Å². The summed E-state index contributed by atoms with van der Waals surface area (Å²) in [7, 11) is -2.10. The third-order valence-corrected chi connectivity index (χ3v) is 6.11. The van der Waals surface area contributed by atoms with Crippen LogP contribution in [0.4, 0.5) is 8.78 Å². The molecular weight excluding hydrogens is 454 g/mol. The van der Waals surface area contributed by atoms with Gasteiger partial charge in [0.1, 0.15) is 9.84 Å². The fourth-order valence-electron chi connectivity index (χ4n) is 3.81. The van der Waals surface area contributed by atoms with E-state index in [9.17, 15) is 22.0 Å². The second-order valence-electron chi connectivity index (χ2n) is 7.56. The number of fused-ring (bicyclic) bond motifs is 1. The van der Waals surface area contributed by atoms with Gasteiger partial charge < -0.3 is 9.47 Å². The van der Waals surface area contributed by atoms with Crippen molar-refractivity contribution in [3.8, 4) is 11.5 Å². The molecule has 7 nitrogen and oxygen atoms in total. The summed E-state index contributed by atoms with van der Waals surface area (Å²) in [5, 5.41) is 0. The largest absolute Gasteiger partial charge is 0.493 e. The first-order valence-electron chi connectivity index (χ1n) is 10.2. The molecule has 0 aliphatic carbocycles. The molecule has 0 fully saturated rings. The summed E-state index contributed by atoms with van der Waals surface area (Å²) in [6.45, 7) is 5.00. The third-order valence-electron chi connectivity index (χ3n) is 5.19. The zero-order valence-electron chi connectivity index (χ0n) is 18.6. The first kappa shape index (κ1) is 24.5. The molecule has 0 bridgehead atoms. The van der Waals surface area contributed by atoms with E-state index in [4.69, 9.17) is 9.47 Å². The highest BCUT2D eigenvalue weighted by Gasteiger charge is 2.27. The Bertz CT molecular complexity index is 1330. The monoisotopic (exact) mass is 480 g/mol. The molecule has 1 atom stereocenters. The summed E-state index contributed by atoms with van der Waals surface area (Å²) in [6.07, 6.45) is -0.167. The molecule has 178 valence electrons. The number of nitrogens with zero attached hydrogens (tertiary/aromatic N) is 2. The maximum Gasteiger partial charge on any atom is 0.329 e. The molecule has 0 N–H and O–H groups in total.